The first-order chi connectivity index (χ1) is 10.5. The minimum absolute atomic E-state index is 0.228. The Morgan fingerprint density at radius 3 is 2.32 bits per heavy atom. The molecular formula is C17H29N5. The van der Waals surface area contributed by atoms with Crippen molar-refractivity contribution in [3.63, 3.8) is 0 Å². The van der Waals surface area contributed by atoms with E-state index in [-0.39, 0.29) is 11.9 Å². The molecule has 0 atom stereocenters. The Morgan fingerprint density at radius 1 is 1.05 bits per heavy atom. The lowest BCUT2D eigenvalue weighted by Gasteiger charge is -2.11. The summed E-state index contributed by atoms with van der Waals surface area (Å²) in [5.74, 6) is 0.497. The van der Waals surface area contributed by atoms with Crippen molar-refractivity contribution in [2.75, 3.05) is 11.9 Å². The molecule has 0 amide bonds. The molecule has 0 saturated heterocycles. The first kappa shape index (κ1) is 18.0. The number of aliphatic imine (C=N–C) groups is 2. The number of anilines is 1. The Morgan fingerprint density at radius 2 is 1.68 bits per heavy atom. The molecule has 0 fully saturated rings. The number of guanidine groups is 2. The van der Waals surface area contributed by atoms with Gasteiger partial charge in [-0.05, 0) is 31.4 Å². The minimum atomic E-state index is 0.228. The van der Waals surface area contributed by atoms with Gasteiger partial charge in [0.15, 0.2) is 0 Å². The number of benzene rings is 1. The summed E-state index contributed by atoms with van der Waals surface area (Å²) in [5, 5.41) is 3.09. The van der Waals surface area contributed by atoms with Crippen LogP contribution in [0.25, 0.3) is 0 Å². The van der Waals surface area contributed by atoms with Crippen LogP contribution in [0.4, 0.5) is 5.69 Å². The van der Waals surface area contributed by atoms with E-state index < -0.39 is 0 Å². The van der Waals surface area contributed by atoms with Crippen LogP contribution in [0, 0.1) is 13.8 Å². The van der Waals surface area contributed by atoms with Crippen molar-refractivity contribution in [2.24, 2.45) is 21.5 Å². The molecule has 0 heterocycles. The molecule has 0 aromatic heterocycles. The van der Waals surface area contributed by atoms with E-state index in [2.05, 4.69) is 22.2 Å². The number of aryl methyl sites for hydroxylation is 2. The third kappa shape index (κ3) is 6.61. The molecule has 5 heteroatoms. The minimum Gasteiger partial charge on any atom is -0.369 e. The summed E-state index contributed by atoms with van der Waals surface area (Å²) >= 11 is 0. The highest BCUT2D eigenvalue weighted by atomic mass is 15.2. The third-order valence-corrected chi connectivity index (χ3v) is 3.50. The highest BCUT2D eigenvalue weighted by molar-refractivity contribution is 6.01. The number of nitrogens with zero attached hydrogens (tertiary/aromatic N) is 2. The van der Waals surface area contributed by atoms with Crippen LogP contribution < -0.4 is 16.8 Å². The van der Waals surface area contributed by atoms with Gasteiger partial charge in [-0.25, -0.2) is 0 Å². The molecule has 0 bridgehead atoms. The van der Waals surface area contributed by atoms with Crippen molar-refractivity contribution in [1.82, 2.24) is 0 Å². The Labute approximate surface area is 133 Å². The normalized spacial score (nSPS) is 12.5. The molecular weight excluding hydrogens is 274 g/mol. The van der Waals surface area contributed by atoms with Crippen molar-refractivity contribution in [1.29, 1.82) is 0 Å². The lowest BCUT2D eigenvalue weighted by molar-refractivity contribution is 0.638. The Hall–Kier alpha value is -2.04. The number of para-hydroxylation sites is 1. The summed E-state index contributed by atoms with van der Waals surface area (Å²) in [4.78, 5) is 8.33. The molecule has 0 aliphatic heterocycles. The predicted molar refractivity (Wildman–Crippen MR) is 96.4 cm³/mol. The van der Waals surface area contributed by atoms with Crippen molar-refractivity contribution in [2.45, 2.75) is 52.9 Å². The summed E-state index contributed by atoms with van der Waals surface area (Å²) in [6.07, 6.45) is 6.01. The van der Waals surface area contributed by atoms with Crippen molar-refractivity contribution in [3.05, 3.63) is 29.3 Å². The average molecular weight is 303 g/mol. The van der Waals surface area contributed by atoms with E-state index in [1.54, 1.807) is 0 Å². The van der Waals surface area contributed by atoms with Gasteiger partial charge in [0.2, 0.25) is 11.9 Å². The zero-order valence-corrected chi connectivity index (χ0v) is 14.0. The van der Waals surface area contributed by atoms with Gasteiger partial charge in [-0.15, -0.1) is 0 Å². The Kier molecular flexibility index (Phi) is 8.04. The van der Waals surface area contributed by atoms with Gasteiger partial charge in [0, 0.05) is 12.2 Å². The molecule has 122 valence electrons. The smallest absolute Gasteiger partial charge is 0.218 e. The number of unbranched alkanes of at least 4 members (excludes halogenated alkanes) is 4. The number of nitrogens with one attached hydrogen (secondary N) is 1. The van der Waals surface area contributed by atoms with Gasteiger partial charge in [0.1, 0.15) is 0 Å². The SMILES string of the molecule is CCCCCCCN=C(N)N=C(N)Nc1c(C)cccc1C. The van der Waals surface area contributed by atoms with E-state index in [1.165, 1.54) is 25.7 Å². The molecule has 0 unspecified atom stereocenters. The molecule has 5 nitrogen and oxygen atoms in total. The van der Waals surface area contributed by atoms with Crippen molar-refractivity contribution < 1.29 is 0 Å². The molecule has 1 aromatic rings. The molecule has 0 aliphatic rings. The number of hydrogen-bond acceptors (Lipinski definition) is 1. The molecule has 0 radical (unpaired) electrons. The molecule has 22 heavy (non-hydrogen) atoms. The molecule has 1 rings (SSSR count). The van der Waals surface area contributed by atoms with Gasteiger partial charge in [0.05, 0.1) is 0 Å². The topological polar surface area (TPSA) is 88.8 Å². The summed E-state index contributed by atoms with van der Waals surface area (Å²) in [6.45, 7) is 6.96. The first-order valence-electron chi connectivity index (χ1n) is 8.02. The second kappa shape index (κ2) is 9.82. The van der Waals surface area contributed by atoms with Crippen LogP contribution in [0.2, 0.25) is 0 Å². The highest BCUT2D eigenvalue weighted by Crippen LogP contribution is 2.18. The molecule has 0 spiro atoms. The largest absolute Gasteiger partial charge is 0.369 e. The van der Waals surface area contributed by atoms with Crippen LogP contribution in [0.15, 0.2) is 28.2 Å². The zero-order valence-electron chi connectivity index (χ0n) is 14.0. The molecule has 0 aliphatic carbocycles. The van der Waals surface area contributed by atoms with Crippen LogP contribution in [0.5, 0.6) is 0 Å². The van der Waals surface area contributed by atoms with Gasteiger partial charge in [-0.3, -0.25) is 4.99 Å². The van der Waals surface area contributed by atoms with E-state index in [4.69, 9.17) is 11.5 Å². The molecule has 5 N–H and O–H groups in total. The summed E-state index contributed by atoms with van der Waals surface area (Å²) in [7, 11) is 0. The van der Waals surface area contributed by atoms with Gasteiger partial charge in [-0.1, -0.05) is 50.8 Å². The van der Waals surface area contributed by atoms with Gasteiger partial charge >= 0.3 is 0 Å². The number of hydrogen-bond donors (Lipinski definition) is 3. The first-order valence-corrected chi connectivity index (χ1v) is 8.02. The monoisotopic (exact) mass is 303 g/mol. The molecule has 0 saturated carbocycles. The Balaban J connectivity index is 2.50. The van der Waals surface area contributed by atoms with Crippen LogP contribution in [0.1, 0.15) is 50.2 Å². The maximum absolute atomic E-state index is 5.89. The number of rotatable bonds is 7. The fraction of sp³-hybridized carbons (Fsp3) is 0.529. The summed E-state index contributed by atoms with van der Waals surface area (Å²) < 4.78 is 0. The Bertz CT molecular complexity index is 500. The second-order valence-electron chi connectivity index (χ2n) is 5.54. The fourth-order valence-electron chi connectivity index (χ4n) is 2.24. The number of nitrogens with two attached hydrogens (primary N) is 2. The van der Waals surface area contributed by atoms with Crippen LogP contribution >= 0.6 is 0 Å². The van der Waals surface area contributed by atoms with Crippen LogP contribution in [-0.2, 0) is 0 Å². The lowest BCUT2D eigenvalue weighted by Crippen LogP contribution is -2.27. The standard InChI is InChI=1S/C17H29N5/c1-4-5-6-7-8-12-20-16(18)22-17(19)21-15-13(2)10-9-11-14(15)3/h9-11H,4-8,12H2,1-3H3,(H5,18,19,20,21,22). The van der Waals surface area contributed by atoms with E-state index >= 15 is 0 Å². The van der Waals surface area contributed by atoms with E-state index in [1.807, 2.05) is 32.0 Å². The maximum atomic E-state index is 5.89. The van der Waals surface area contributed by atoms with E-state index in [0.29, 0.717) is 6.54 Å². The lowest BCUT2D eigenvalue weighted by atomic mass is 10.1. The van der Waals surface area contributed by atoms with Gasteiger partial charge in [0.25, 0.3) is 0 Å². The van der Waals surface area contributed by atoms with E-state index in [0.717, 1.165) is 23.2 Å². The second-order valence-corrected chi connectivity index (χ2v) is 5.54. The summed E-state index contributed by atoms with van der Waals surface area (Å²) in [5.41, 5.74) is 14.9. The van der Waals surface area contributed by atoms with Gasteiger partial charge < -0.3 is 16.8 Å². The molecule has 1 aromatic carbocycles. The van der Waals surface area contributed by atoms with Crippen LogP contribution in [-0.4, -0.2) is 18.5 Å². The van der Waals surface area contributed by atoms with E-state index in [9.17, 15) is 0 Å². The van der Waals surface area contributed by atoms with Gasteiger partial charge in [-0.2, -0.15) is 4.99 Å². The quantitative estimate of drug-likeness (QED) is 0.410. The fourth-order valence-corrected chi connectivity index (χ4v) is 2.24. The van der Waals surface area contributed by atoms with Crippen molar-refractivity contribution >= 4 is 17.6 Å². The summed E-state index contributed by atoms with van der Waals surface area (Å²) in [6, 6.07) is 6.06. The maximum Gasteiger partial charge on any atom is 0.218 e. The predicted octanol–water partition coefficient (Wildman–Crippen LogP) is 3.32. The van der Waals surface area contributed by atoms with Crippen molar-refractivity contribution in [3.8, 4) is 0 Å². The third-order valence-electron chi connectivity index (χ3n) is 3.50. The zero-order chi connectivity index (χ0) is 16.4. The average Bonchev–Trinajstić information content (AvgIpc) is 2.46. The van der Waals surface area contributed by atoms with Crippen LogP contribution in [0.3, 0.4) is 0 Å². The highest BCUT2D eigenvalue weighted by Gasteiger charge is 2.03.